The second kappa shape index (κ2) is 4.38. The van der Waals surface area contributed by atoms with Gasteiger partial charge in [0.25, 0.3) is 0 Å². The van der Waals surface area contributed by atoms with Gasteiger partial charge in [0.15, 0.2) is 0 Å². The molecule has 0 bridgehead atoms. The number of aliphatic hydroxyl groups excluding tert-OH is 1. The number of aromatic nitrogens is 1. The van der Waals surface area contributed by atoms with Crippen molar-refractivity contribution in [3.8, 4) is 0 Å². The zero-order chi connectivity index (χ0) is 11.7. The number of hydrogen-bond donors (Lipinski definition) is 1. The molecule has 1 N–H and O–H groups in total. The Kier molecular flexibility index (Phi) is 2.73. The van der Waals surface area contributed by atoms with Crippen molar-refractivity contribution in [1.29, 1.82) is 0 Å². The molecule has 17 heavy (non-hydrogen) atoms. The Morgan fingerprint density at radius 3 is 2.65 bits per heavy atom. The van der Waals surface area contributed by atoms with Crippen LogP contribution in [0.15, 0.2) is 48.8 Å². The van der Waals surface area contributed by atoms with Gasteiger partial charge in [-0.05, 0) is 36.0 Å². The lowest BCUT2D eigenvalue weighted by Gasteiger charge is -2.06. The lowest BCUT2D eigenvalue weighted by molar-refractivity contribution is 0.154. The van der Waals surface area contributed by atoms with Crippen LogP contribution in [0.1, 0.15) is 30.1 Å². The van der Waals surface area contributed by atoms with Crippen LogP contribution in [0.5, 0.6) is 0 Å². The molecular formula is C15H17NO. The van der Waals surface area contributed by atoms with Gasteiger partial charge in [0.05, 0.1) is 6.10 Å². The van der Waals surface area contributed by atoms with Crippen molar-refractivity contribution < 1.29 is 5.11 Å². The third-order valence-electron chi connectivity index (χ3n) is 3.39. The molecule has 1 aliphatic rings. The molecule has 0 saturated heterocycles. The van der Waals surface area contributed by atoms with E-state index in [0.29, 0.717) is 5.92 Å². The third kappa shape index (κ3) is 2.42. The van der Waals surface area contributed by atoms with E-state index in [4.69, 9.17) is 0 Å². The zero-order valence-corrected chi connectivity index (χ0v) is 9.79. The molecule has 0 spiro atoms. The molecule has 2 heteroatoms. The number of benzene rings is 1. The molecule has 1 aromatic carbocycles. The zero-order valence-electron chi connectivity index (χ0n) is 9.79. The Hall–Kier alpha value is -1.54. The van der Waals surface area contributed by atoms with Gasteiger partial charge in [-0.25, -0.2) is 0 Å². The molecule has 1 aliphatic carbocycles. The quantitative estimate of drug-likeness (QED) is 0.853. The number of nitrogens with zero attached hydrogens (tertiary/aromatic N) is 1. The maximum absolute atomic E-state index is 10.0. The first-order chi connectivity index (χ1) is 8.33. The van der Waals surface area contributed by atoms with E-state index in [1.807, 2.05) is 18.3 Å². The van der Waals surface area contributed by atoms with Crippen LogP contribution in [-0.4, -0.2) is 9.67 Å². The SMILES string of the molecule is OC(c1ccn(Cc2ccccc2)c1)C1CC1. The molecule has 1 heterocycles. The van der Waals surface area contributed by atoms with Crippen LogP contribution < -0.4 is 0 Å². The topological polar surface area (TPSA) is 25.2 Å². The fourth-order valence-corrected chi connectivity index (χ4v) is 2.21. The molecule has 0 aliphatic heterocycles. The van der Waals surface area contributed by atoms with Gasteiger partial charge in [-0.15, -0.1) is 0 Å². The minimum absolute atomic E-state index is 0.257. The van der Waals surface area contributed by atoms with Gasteiger partial charge in [0.2, 0.25) is 0 Å². The van der Waals surface area contributed by atoms with Crippen molar-refractivity contribution in [3.05, 3.63) is 59.9 Å². The van der Waals surface area contributed by atoms with Crippen molar-refractivity contribution in [1.82, 2.24) is 4.57 Å². The van der Waals surface area contributed by atoms with Crippen molar-refractivity contribution in [2.45, 2.75) is 25.5 Å². The first kappa shape index (κ1) is 10.6. The summed E-state index contributed by atoms with van der Waals surface area (Å²) in [5.74, 6) is 0.502. The van der Waals surface area contributed by atoms with Gasteiger partial charge >= 0.3 is 0 Å². The Morgan fingerprint density at radius 2 is 1.94 bits per heavy atom. The summed E-state index contributed by atoms with van der Waals surface area (Å²) in [6, 6.07) is 12.4. The summed E-state index contributed by atoms with van der Waals surface area (Å²) >= 11 is 0. The smallest absolute Gasteiger partial charge is 0.0832 e. The van der Waals surface area contributed by atoms with Crippen LogP contribution in [0.4, 0.5) is 0 Å². The van der Waals surface area contributed by atoms with Crippen LogP contribution in [0.3, 0.4) is 0 Å². The molecular weight excluding hydrogens is 210 g/mol. The van der Waals surface area contributed by atoms with E-state index in [1.54, 1.807) is 0 Å². The van der Waals surface area contributed by atoms with Crippen LogP contribution in [-0.2, 0) is 6.54 Å². The van der Waals surface area contributed by atoms with Gasteiger partial charge < -0.3 is 9.67 Å². The molecule has 88 valence electrons. The monoisotopic (exact) mass is 227 g/mol. The summed E-state index contributed by atoms with van der Waals surface area (Å²) in [5, 5.41) is 10.0. The number of rotatable bonds is 4. The maximum atomic E-state index is 10.0. The summed E-state index contributed by atoms with van der Waals surface area (Å²) in [5.41, 5.74) is 2.35. The molecule has 1 aromatic heterocycles. The normalized spacial score (nSPS) is 17.0. The number of hydrogen-bond acceptors (Lipinski definition) is 1. The van der Waals surface area contributed by atoms with Crippen molar-refractivity contribution >= 4 is 0 Å². The molecule has 2 aromatic rings. The van der Waals surface area contributed by atoms with Crippen molar-refractivity contribution in [2.75, 3.05) is 0 Å². The van der Waals surface area contributed by atoms with E-state index in [0.717, 1.165) is 12.1 Å². The Labute approximate surface area is 102 Å². The van der Waals surface area contributed by atoms with Crippen LogP contribution in [0, 0.1) is 5.92 Å². The summed E-state index contributed by atoms with van der Waals surface area (Å²) in [6.07, 6.45) is 6.20. The van der Waals surface area contributed by atoms with Crippen molar-refractivity contribution in [2.24, 2.45) is 5.92 Å². The van der Waals surface area contributed by atoms with Gasteiger partial charge in [-0.2, -0.15) is 0 Å². The molecule has 3 rings (SSSR count). The highest BCUT2D eigenvalue weighted by Crippen LogP contribution is 2.40. The highest BCUT2D eigenvalue weighted by molar-refractivity contribution is 5.19. The minimum Gasteiger partial charge on any atom is -0.388 e. The van der Waals surface area contributed by atoms with E-state index < -0.39 is 0 Å². The van der Waals surface area contributed by atoms with E-state index in [2.05, 4.69) is 35.0 Å². The highest BCUT2D eigenvalue weighted by atomic mass is 16.3. The predicted molar refractivity (Wildman–Crippen MR) is 67.7 cm³/mol. The van der Waals surface area contributed by atoms with Gasteiger partial charge in [-0.1, -0.05) is 30.3 Å². The molecule has 1 atom stereocenters. The van der Waals surface area contributed by atoms with Crippen LogP contribution in [0.25, 0.3) is 0 Å². The van der Waals surface area contributed by atoms with Crippen LogP contribution >= 0.6 is 0 Å². The molecule has 2 nitrogen and oxygen atoms in total. The van der Waals surface area contributed by atoms with E-state index in [-0.39, 0.29) is 6.10 Å². The first-order valence-electron chi connectivity index (χ1n) is 6.20. The fourth-order valence-electron chi connectivity index (χ4n) is 2.21. The maximum Gasteiger partial charge on any atom is 0.0832 e. The lowest BCUT2D eigenvalue weighted by atomic mass is 10.1. The van der Waals surface area contributed by atoms with Gasteiger partial charge in [0.1, 0.15) is 0 Å². The standard InChI is InChI=1S/C15H17NO/c17-15(13-6-7-13)14-8-9-16(11-14)10-12-4-2-1-3-5-12/h1-5,8-9,11,13,15,17H,6-7,10H2. The minimum atomic E-state index is -0.257. The molecule has 1 fully saturated rings. The average Bonchev–Trinajstić information content (AvgIpc) is 3.11. The van der Waals surface area contributed by atoms with Crippen molar-refractivity contribution in [3.63, 3.8) is 0 Å². The Morgan fingerprint density at radius 1 is 1.18 bits per heavy atom. The van der Waals surface area contributed by atoms with Crippen LogP contribution in [0.2, 0.25) is 0 Å². The first-order valence-corrected chi connectivity index (χ1v) is 6.20. The lowest BCUT2D eigenvalue weighted by Crippen LogP contribution is -1.99. The molecule has 1 saturated carbocycles. The van der Waals surface area contributed by atoms with Gasteiger partial charge in [-0.3, -0.25) is 0 Å². The second-order valence-electron chi connectivity index (χ2n) is 4.89. The predicted octanol–water partition coefficient (Wildman–Crippen LogP) is 2.98. The van der Waals surface area contributed by atoms with E-state index >= 15 is 0 Å². The summed E-state index contributed by atoms with van der Waals surface area (Å²) in [4.78, 5) is 0. The van der Waals surface area contributed by atoms with E-state index in [9.17, 15) is 5.11 Å². The van der Waals surface area contributed by atoms with Gasteiger partial charge in [0, 0.05) is 18.9 Å². The Bertz CT molecular complexity index is 485. The number of aliphatic hydroxyl groups is 1. The summed E-state index contributed by atoms with van der Waals surface area (Å²) in [6.45, 7) is 0.873. The second-order valence-corrected chi connectivity index (χ2v) is 4.89. The Balaban J connectivity index is 1.72. The molecule has 0 radical (unpaired) electrons. The summed E-state index contributed by atoms with van der Waals surface area (Å²) < 4.78 is 2.14. The fraction of sp³-hybridized carbons (Fsp3) is 0.333. The molecule has 1 unspecified atom stereocenters. The van der Waals surface area contributed by atoms with E-state index in [1.165, 1.54) is 18.4 Å². The highest BCUT2D eigenvalue weighted by Gasteiger charge is 2.31. The molecule has 0 amide bonds. The average molecular weight is 227 g/mol. The summed E-state index contributed by atoms with van der Waals surface area (Å²) in [7, 11) is 0. The third-order valence-corrected chi connectivity index (χ3v) is 3.39. The largest absolute Gasteiger partial charge is 0.388 e.